The van der Waals surface area contributed by atoms with Crippen LogP contribution in [0.5, 0.6) is 0 Å². The minimum absolute atomic E-state index is 0. The lowest BCUT2D eigenvalue weighted by molar-refractivity contribution is 0.453. The highest BCUT2D eigenvalue weighted by molar-refractivity contribution is 5.85. The van der Waals surface area contributed by atoms with E-state index < -0.39 is 0 Å². The third-order valence-corrected chi connectivity index (χ3v) is 5.38. The van der Waals surface area contributed by atoms with E-state index in [1.54, 1.807) is 11.1 Å². The molecule has 1 N–H and O–H groups in total. The zero-order valence-corrected chi connectivity index (χ0v) is 15.9. The second-order valence-corrected chi connectivity index (χ2v) is 7.31. The molecule has 0 spiro atoms. The van der Waals surface area contributed by atoms with Crippen LogP contribution >= 0.6 is 12.4 Å². The number of benzene rings is 2. The van der Waals surface area contributed by atoms with Crippen LogP contribution in [-0.4, -0.2) is 13.1 Å². The van der Waals surface area contributed by atoms with Gasteiger partial charge in [-0.25, -0.2) is 0 Å². The maximum atomic E-state index is 3.77. The standard InChI is InChI=1S/C22H28N2.ClH/c1-2-14-24(19-6-4-3-5-7-19)20-11-10-18-12-13-23-22(21(18)16-20)15-17-8-9-17;/h3-7,10-11,16-17,22-23H,2,8-9,12-15H2,1H3;1H. The van der Waals surface area contributed by atoms with E-state index in [-0.39, 0.29) is 12.4 Å². The van der Waals surface area contributed by atoms with E-state index in [4.69, 9.17) is 0 Å². The van der Waals surface area contributed by atoms with Crippen LogP contribution < -0.4 is 10.2 Å². The van der Waals surface area contributed by atoms with E-state index in [1.807, 2.05) is 0 Å². The van der Waals surface area contributed by atoms with Gasteiger partial charge in [0.15, 0.2) is 0 Å². The minimum Gasteiger partial charge on any atom is -0.341 e. The third-order valence-electron chi connectivity index (χ3n) is 5.38. The van der Waals surface area contributed by atoms with Crippen molar-refractivity contribution in [1.29, 1.82) is 0 Å². The lowest BCUT2D eigenvalue weighted by Crippen LogP contribution is -2.30. The van der Waals surface area contributed by atoms with Gasteiger partial charge in [-0.2, -0.15) is 0 Å². The first-order valence-corrected chi connectivity index (χ1v) is 9.54. The van der Waals surface area contributed by atoms with Gasteiger partial charge >= 0.3 is 0 Å². The van der Waals surface area contributed by atoms with E-state index in [0.717, 1.165) is 31.8 Å². The summed E-state index contributed by atoms with van der Waals surface area (Å²) in [6.45, 7) is 4.44. The summed E-state index contributed by atoms with van der Waals surface area (Å²) >= 11 is 0. The highest BCUT2D eigenvalue weighted by Crippen LogP contribution is 2.40. The predicted octanol–water partition coefficient (Wildman–Crippen LogP) is 5.64. The fourth-order valence-electron chi connectivity index (χ4n) is 3.93. The van der Waals surface area contributed by atoms with Gasteiger partial charge in [0, 0.05) is 24.0 Å². The first-order valence-electron chi connectivity index (χ1n) is 9.54. The highest BCUT2D eigenvalue weighted by atomic mass is 35.5. The monoisotopic (exact) mass is 356 g/mol. The van der Waals surface area contributed by atoms with Gasteiger partial charge in [0.2, 0.25) is 0 Å². The van der Waals surface area contributed by atoms with Crippen molar-refractivity contribution in [2.24, 2.45) is 5.92 Å². The summed E-state index contributed by atoms with van der Waals surface area (Å²) in [5.41, 5.74) is 5.73. The predicted molar refractivity (Wildman–Crippen MR) is 109 cm³/mol. The smallest absolute Gasteiger partial charge is 0.0414 e. The molecule has 1 atom stereocenters. The largest absolute Gasteiger partial charge is 0.341 e. The summed E-state index contributed by atoms with van der Waals surface area (Å²) in [6.07, 6.45) is 6.49. The second kappa shape index (κ2) is 8.25. The van der Waals surface area contributed by atoms with Gasteiger partial charge in [0.25, 0.3) is 0 Å². The molecule has 0 amide bonds. The summed E-state index contributed by atoms with van der Waals surface area (Å²) in [6, 6.07) is 18.5. The maximum absolute atomic E-state index is 3.77. The Kier molecular flexibility index (Phi) is 6.03. The lowest BCUT2D eigenvalue weighted by Gasteiger charge is -2.30. The van der Waals surface area contributed by atoms with Crippen LogP contribution in [0.3, 0.4) is 0 Å². The molecule has 1 unspecified atom stereocenters. The molecule has 1 fully saturated rings. The Balaban J connectivity index is 0.00000182. The van der Waals surface area contributed by atoms with Crippen LogP contribution in [0.2, 0.25) is 0 Å². The second-order valence-electron chi connectivity index (χ2n) is 7.31. The molecule has 2 nitrogen and oxygen atoms in total. The topological polar surface area (TPSA) is 15.3 Å². The van der Waals surface area contributed by atoms with Crippen LogP contribution in [0.25, 0.3) is 0 Å². The van der Waals surface area contributed by atoms with E-state index in [9.17, 15) is 0 Å². The summed E-state index contributed by atoms with van der Waals surface area (Å²) in [4.78, 5) is 2.46. The van der Waals surface area contributed by atoms with Gasteiger partial charge in [-0.15, -0.1) is 12.4 Å². The Labute approximate surface area is 158 Å². The molecule has 3 heteroatoms. The summed E-state index contributed by atoms with van der Waals surface area (Å²) in [5, 5.41) is 3.77. The van der Waals surface area contributed by atoms with Crippen LogP contribution in [0.15, 0.2) is 48.5 Å². The van der Waals surface area contributed by atoms with Gasteiger partial charge in [-0.3, -0.25) is 0 Å². The molecule has 0 bridgehead atoms. The molecule has 0 radical (unpaired) electrons. The Morgan fingerprint density at radius 1 is 1.04 bits per heavy atom. The Hall–Kier alpha value is -1.51. The van der Waals surface area contributed by atoms with Crippen LogP contribution in [0, 0.1) is 5.92 Å². The van der Waals surface area contributed by atoms with Crippen molar-refractivity contribution in [3.8, 4) is 0 Å². The van der Waals surface area contributed by atoms with Gasteiger partial charge < -0.3 is 10.2 Å². The Bertz CT molecular complexity index is 682. The molecule has 1 saturated carbocycles. The molecule has 2 aromatic carbocycles. The molecule has 1 heterocycles. The fraction of sp³-hybridized carbons (Fsp3) is 0.455. The summed E-state index contributed by atoms with van der Waals surface area (Å²) in [7, 11) is 0. The number of nitrogens with one attached hydrogen (secondary N) is 1. The van der Waals surface area contributed by atoms with Gasteiger partial charge in [-0.05, 0) is 67.1 Å². The number of rotatable bonds is 6. The van der Waals surface area contributed by atoms with Crippen molar-refractivity contribution in [3.63, 3.8) is 0 Å². The molecule has 4 rings (SSSR count). The molecule has 134 valence electrons. The summed E-state index contributed by atoms with van der Waals surface area (Å²) in [5.74, 6) is 0.956. The highest BCUT2D eigenvalue weighted by Gasteiger charge is 2.29. The average molecular weight is 357 g/mol. The van der Waals surface area contributed by atoms with Crippen LogP contribution in [0.4, 0.5) is 11.4 Å². The maximum Gasteiger partial charge on any atom is 0.0414 e. The van der Waals surface area contributed by atoms with Crippen LogP contribution in [0.1, 0.15) is 49.8 Å². The van der Waals surface area contributed by atoms with Crippen molar-refractivity contribution in [1.82, 2.24) is 5.32 Å². The molecule has 0 aromatic heterocycles. The third kappa shape index (κ3) is 4.19. The number of nitrogens with zero attached hydrogens (tertiary/aromatic N) is 1. The first-order chi connectivity index (χ1) is 11.8. The number of halogens is 1. The molecule has 2 aromatic rings. The van der Waals surface area contributed by atoms with E-state index in [0.29, 0.717) is 6.04 Å². The normalized spacial score (nSPS) is 19.0. The van der Waals surface area contributed by atoms with E-state index in [2.05, 4.69) is 65.7 Å². The number of anilines is 2. The molecule has 0 saturated heterocycles. The number of fused-ring (bicyclic) bond motifs is 1. The van der Waals surface area contributed by atoms with Gasteiger partial charge in [0.05, 0.1) is 0 Å². The number of hydrogen-bond donors (Lipinski definition) is 1. The van der Waals surface area contributed by atoms with Crippen molar-refractivity contribution in [2.75, 3.05) is 18.0 Å². The fourth-order valence-corrected chi connectivity index (χ4v) is 3.93. The van der Waals surface area contributed by atoms with Crippen LogP contribution in [-0.2, 0) is 6.42 Å². The quantitative estimate of drug-likeness (QED) is 0.720. The van der Waals surface area contributed by atoms with E-state index >= 15 is 0 Å². The molecule has 1 aliphatic heterocycles. The SMILES string of the molecule is CCCN(c1ccccc1)c1ccc2c(c1)C(CC1CC1)NCC2.Cl. The zero-order valence-electron chi connectivity index (χ0n) is 15.1. The number of hydrogen-bond acceptors (Lipinski definition) is 2. The number of para-hydroxylation sites is 1. The van der Waals surface area contributed by atoms with Crippen molar-refractivity contribution in [3.05, 3.63) is 59.7 Å². The molecule has 25 heavy (non-hydrogen) atoms. The molecule has 2 aliphatic rings. The average Bonchev–Trinajstić information content (AvgIpc) is 3.44. The first kappa shape index (κ1) is 18.3. The minimum atomic E-state index is 0. The van der Waals surface area contributed by atoms with Crippen molar-refractivity contribution >= 4 is 23.8 Å². The Morgan fingerprint density at radius 2 is 1.84 bits per heavy atom. The molecular formula is C22H29ClN2. The summed E-state index contributed by atoms with van der Waals surface area (Å²) < 4.78 is 0. The molecular weight excluding hydrogens is 328 g/mol. The van der Waals surface area contributed by atoms with Gasteiger partial charge in [0.1, 0.15) is 0 Å². The zero-order chi connectivity index (χ0) is 16.4. The van der Waals surface area contributed by atoms with Crippen molar-refractivity contribution < 1.29 is 0 Å². The van der Waals surface area contributed by atoms with Crippen molar-refractivity contribution in [2.45, 2.75) is 45.1 Å². The molecule has 1 aliphatic carbocycles. The lowest BCUT2D eigenvalue weighted by atomic mass is 9.90. The Morgan fingerprint density at radius 3 is 2.56 bits per heavy atom. The van der Waals surface area contributed by atoms with Gasteiger partial charge in [-0.1, -0.05) is 44.0 Å². The van der Waals surface area contributed by atoms with E-state index in [1.165, 1.54) is 30.6 Å².